The van der Waals surface area contributed by atoms with E-state index < -0.39 is 12.1 Å². The third-order valence-electron chi connectivity index (χ3n) is 3.10. The Morgan fingerprint density at radius 3 is 2.72 bits per heavy atom. The number of hydrogen-bond acceptors (Lipinski definition) is 4. The van der Waals surface area contributed by atoms with Gasteiger partial charge < -0.3 is 9.47 Å². The maximum atomic E-state index is 11.8. The predicted molar refractivity (Wildman–Crippen MR) is 67.2 cm³/mol. The van der Waals surface area contributed by atoms with Gasteiger partial charge in [0.05, 0.1) is 13.7 Å². The number of rotatable bonds is 5. The highest BCUT2D eigenvalue weighted by atomic mass is 16.6. The third kappa shape index (κ3) is 4.20. The van der Waals surface area contributed by atoms with Crippen molar-refractivity contribution in [2.24, 2.45) is 5.92 Å². The molecule has 1 aliphatic rings. The number of hydrogen-bond donors (Lipinski definition) is 0. The van der Waals surface area contributed by atoms with Gasteiger partial charge in [0.25, 0.3) is 0 Å². The lowest BCUT2D eigenvalue weighted by atomic mass is 10.1. The predicted octanol–water partition coefficient (Wildman–Crippen LogP) is 2.20. The van der Waals surface area contributed by atoms with Gasteiger partial charge in [-0.25, -0.2) is 9.59 Å². The average molecular weight is 257 g/mol. The number of ether oxygens (including phenoxy) is 2. The van der Waals surface area contributed by atoms with E-state index >= 15 is 0 Å². The van der Waals surface area contributed by atoms with E-state index in [1.807, 2.05) is 0 Å². The second-order valence-electron chi connectivity index (χ2n) is 5.03. The molecule has 5 nitrogen and oxygen atoms in total. The summed E-state index contributed by atoms with van der Waals surface area (Å²) in [6.45, 7) is 5.27. The highest BCUT2D eigenvalue weighted by Gasteiger charge is 2.35. The number of methoxy groups -OCH3 is 1. The lowest BCUT2D eigenvalue weighted by Crippen LogP contribution is -2.41. The molecule has 0 spiro atoms. The van der Waals surface area contributed by atoms with Crippen LogP contribution in [0.3, 0.4) is 0 Å². The molecule has 1 heterocycles. The van der Waals surface area contributed by atoms with Crippen LogP contribution in [0.1, 0.15) is 39.5 Å². The zero-order chi connectivity index (χ0) is 13.5. The minimum atomic E-state index is -0.462. The first-order valence-electron chi connectivity index (χ1n) is 6.57. The molecule has 5 heteroatoms. The second-order valence-corrected chi connectivity index (χ2v) is 5.03. The number of carbonyl (C=O) groups is 2. The summed E-state index contributed by atoms with van der Waals surface area (Å²) in [5.74, 6) is 0.309. The molecule has 18 heavy (non-hydrogen) atoms. The van der Waals surface area contributed by atoms with Gasteiger partial charge in [-0.05, 0) is 31.6 Å². The third-order valence-corrected chi connectivity index (χ3v) is 3.10. The smallest absolute Gasteiger partial charge is 0.410 e. The van der Waals surface area contributed by atoms with Crippen molar-refractivity contribution < 1.29 is 19.1 Å². The molecule has 1 rings (SSSR count). The molecule has 1 fully saturated rings. The van der Waals surface area contributed by atoms with Gasteiger partial charge in [0, 0.05) is 6.54 Å². The van der Waals surface area contributed by atoms with E-state index in [1.54, 1.807) is 0 Å². The summed E-state index contributed by atoms with van der Waals surface area (Å²) in [5, 5.41) is 0. The fourth-order valence-electron chi connectivity index (χ4n) is 2.11. The number of nitrogens with zero attached hydrogens (tertiary/aromatic N) is 1. The van der Waals surface area contributed by atoms with Gasteiger partial charge in [-0.1, -0.05) is 13.8 Å². The van der Waals surface area contributed by atoms with Crippen LogP contribution >= 0.6 is 0 Å². The monoisotopic (exact) mass is 257 g/mol. The van der Waals surface area contributed by atoms with Crippen LogP contribution in [0, 0.1) is 5.92 Å². The summed E-state index contributed by atoms with van der Waals surface area (Å²) >= 11 is 0. The summed E-state index contributed by atoms with van der Waals surface area (Å²) in [6.07, 6.45) is 2.95. The van der Waals surface area contributed by atoms with Crippen LogP contribution in [-0.2, 0) is 14.3 Å². The molecule has 1 atom stereocenters. The van der Waals surface area contributed by atoms with Crippen molar-refractivity contribution in [3.8, 4) is 0 Å². The first-order chi connectivity index (χ1) is 8.56. The van der Waals surface area contributed by atoms with Crippen LogP contribution in [0.4, 0.5) is 4.79 Å². The standard InChI is InChI=1S/C13H23NO4/c1-10(2)6-5-9-18-12(15)11-7-4-8-14(11)13(16)17-3/h10-11H,4-9H2,1-3H3. The normalized spacial score (nSPS) is 19.1. The van der Waals surface area contributed by atoms with Gasteiger partial charge in [-0.2, -0.15) is 0 Å². The Kier molecular flexibility index (Phi) is 5.95. The van der Waals surface area contributed by atoms with E-state index in [-0.39, 0.29) is 5.97 Å². The highest BCUT2D eigenvalue weighted by molar-refractivity contribution is 5.82. The SMILES string of the molecule is COC(=O)N1CCCC1C(=O)OCCCC(C)C. The van der Waals surface area contributed by atoms with Gasteiger partial charge in [0.2, 0.25) is 0 Å². The molecule has 0 bridgehead atoms. The largest absolute Gasteiger partial charge is 0.464 e. The fourth-order valence-corrected chi connectivity index (χ4v) is 2.11. The minimum Gasteiger partial charge on any atom is -0.464 e. The number of likely N-dealkylation sites (tertiary alicyclic amines) is 1. The van der Waals surface area contributed by atoms with Gasteiger partial charge in [-0.3, -0.25) is 4.90 Å². The quantitative estimate of drug-likeness (QED) is 0.559. The molecule has 0 aromatic carbocycles. The molecular weight excluding hydrogens is 234 g/mol. The molecule has 0 N–H and O–H groups in total. The fraction of sp³-hybridized carbons (Fsp3) is 0.846. The van der Waals surface area contributed by atoms with E-state index in [0.29, 0.717) is 25.5 Å². The van der Waals surface area contributed by atoms with Crippen LogP contribution in [0.15, 0.2) is 0 Å². The van der Waals surface area contributed by atoms with Crippen molar-refractivity contribution >= 4 is 12.1 Å². The van der Waals surface area contributed by atoms with Gasteiger partial charge in [-0.15, -0.1) is 0 Å². The average Bonchev–Trinajstić information content (AvgIpc) is 2.82. The number of carbonyl (C=O) groups excluding carboxylic acids is 2. The summed E-state index contributed by atoms with van der Waals surface area (Å²) in [6, 6.07) is -0.462. The van der Waals surface area contributed by atoms with Gasteiger partial charge in [0.15, 0.2) is 0 Å². The van der Waals surface area contributed by atoms with E-state index in [1.165, 1.54) is 12.0 Å². The van der Waals surface area contributed by atoms with Crippen molar-refractivity contribution in [2.75, 3.05) is 20.3 Å². The zero-order valence-corrected chi connectivity index (χ0v) is 11.5. The van der Waals surface area contributed by atoms with E-state index in [0.717, 1.165) is 19.3 Å². The van der Waals surface area contributed by atoms with Crippen LogP contribution in [0.5, 0.6) is 0 Å². The van der Waals surface area contributed by atoms with Crippen LogP contribution in [-0.4, -0.2) is 43.3 Å². The van der Waals surface area contributed by atoms with Crippen molar-refractivity contribution in [2.45, 2.75) is 45.6 Å². The highest BCUT2D eigenvalue weighted by Crippen LogP contribution is 2.19. The van der Waals surface area contributed by atoms with E-state index in [4.69, 9.17) is 4.74 Å². The Labute approximate surface area is 108 Å². The first kappa shape index (κ1) is 14.8. The molecule has 1 amide bonds. The Bertz CT molecular complexity index is 291. The Morgan fingerprint density at radius 1 is 1.39 bits per heavy atom. The van der Waals surface area contributed by atoms with Crippen LogP contribution < -0.4 is 0 Å². The first-order valence-corrected chi connectivity index (χ1v) is 6.57. The molecule has 1 unspecified atom stereocenters. The lowest BCUT2D eigenvalue weighted by molar-refractivity contribution is -0.148. The number of amides is 1. The topological polar surface area (TPSA) is 55.8 Å². The second kappa shape index (κ2) is 7.24. The molecule has 104 valence electrons. The van der Waals surface area contributed by atoms with Gasteiger partial charge in [0.1, 0.15) is 6.04 Å². The van der Waals surface area contributed by atoms with Crippen molar-refractivity contribution in [1.82, 2.24) is 4.90 Å². The molecule has 0 aromatic heterocycles. The maximum Gasteiger partial charge on any atom is 0.410 e. The molecule has 0 radical (unpaired) electrons. The molecule has 0 aromatic rings. The van der Waals surface area contributed by atoms with Crippen LogP contribution in [0.2, 0.25) is 0 Å². The summed E-state index contributed by atoms with van der Waals surface area (Å²) in [7, 11) is 1.33. The van der Waals surface area contributed by atoms with E-state index in [9.17, 15) is 9.59 Å². The molecule has 1 aliphatic heterocycles. The zero-order valence-electron chi connectivity index (χ0n) is 11.5. The summed E-state index contributed by atoms with van der Waals surface area (Å²) in [5.41, 5.74) is 0. The van der Waals surface area contributed by atoms with Crippen LogP contribution in [0.25, 0.3) is 0 Å². The molecule has 0 saturated carbocycles. The summed E-state index contributed by atoms with van der Waals surface area (Å²) in [4.78, 5) is 24.7. The molecule has 0 aliphatic carbocycles. The maximum absolute atomic E-state index is 11.8. The van der Waals surface area contributed by atoms with Gasteiger partial charge >= 0.3 is 12.1 Å². The lowest BCUT2D eigenvalue weighted by Gasteiger charge is -2.21. The number of esters is 1. The Balaban J connectivity index is 2.34. The minimum absolute atomic E-state index is 0.304. The van der Waals surface area contributed by atoms with E-state index in [2.05, 4.69) is 18.6 Å². The van der Waals surface area contributed by atoms with Crippen molar-refractivity contribution in [1.29, 1.82) is 0 Å². The Morgan fingerprint density at radius 2 is 2.11 bits per heavy atom. The Hall–Kier alpha value is -1.26. The summed E-state index contributed by atoms with van der Waals surface area (Å²) < 4.78 is 9.86. The van der Waals surface area contributed by atoms with Crippen molar-refractivity contribution in [3.63, 3.8) is 0 Å². The molecular formula is C13H23NO4. The molecule has 1 saturated heterocycles. The van der Waals surface area contributed by atoms with Crippen molar-refractivity contribution in [3.05, 3.63) is 0 Å².